The Morgan fingerprint density at radius 1 is 1.50 bits per heavy atom. The Hall–Kier alpha value is -1.62. The molecule has 2 aromatic heterocycles. The van der Waals surface area contributed by atoms with Crippen molar-refractivity contribution in [1.82, 2.24) is 19.9 Å². The highest BCUT2D eigenvalue weighted by Crippen LogP contribution is 2.07. The number of hydrogen-bond acceptors (Lipinski definition) is 4. The third-order valence-corrected chi connectivity index (χ3v) is 2.12. The molecule has 5 heteroatoms. The molecule has 2 aromatic rings. The number of imidazole rings is 1. The Morgan fingerprint density at radius 2 is 2.38 bits per heavy atom. The Balaban J connectivity index is 1.93. The van der Waals surface area contributed by atoms with Gasteiger partial charge in [-0.3, -0.25) is 4.57 Å². The topological polar surface area (TPSA) is 55.9 Å². The van der Waals surface area contributed by atoms with Crippen LogP contribution in [0.5, 0.6) is 0 Å². The summed E-state index contributed by atoms with van der Waals surface area (Å²) in [6, 6.07) is 0.554. The molecule has 86 valence electrons. The lowest BCUT2D eigenvalue weighted by Gasteiger charge is -2.04. The molecule has 0 fully saturated rings. The minimum atomic E-state index is 0.554. The molecule has 0 spiro atoms. The first kappa shape index (κ1) is 10.9. The van der Waals surface area contributed by atoms with Gasteiger partial charge in [0, 0.05) is 18.9 Å². The maximum absolute atomic E-state index is 5.34. The van der Waals surface area contributed by atoms with Gasteiger partial charge in [-0.2, -0.15) is 4.98 Å². The fourth-order valence-corrected chi connectivity index (χ4v) is 1.36. The van der Waals surface area contributed by atoms with Gasteiger partial charge >= 0.3 is 6.01 Å². The van der Waals surface area contributed by atoms with Gasteiger partial charge in [0.1, 0.15) is 12.6 Å². The van der Waals surface area contributed by atoms with Crippen LogP contribution in [0.25, 0.3) is 6.01 Å². The van der Waals surface area contributed by atoms with Crippen LogP contribution >= 0.6 is 0 Å². The van der Waals surface area contributed by atoms with E-state index in [0.29, 0.717) is 11.9 Å². The van der Waals surface area contributed by atoms with E-state index in [-0.39, 0.29) is 0 Å². The first-order valence-corrected chi connectivity index (χ1v) is 5.39. The molecule has 16 heavy (non-hydrogen) atoms. The van der Waals surface area contributed by atoms with Crippen LogP contribution in [0.2, 0.25) is 0 Å². The van der Waals surface area contributed by atoms with Crippen molar-refractivity contribution in [3.05, 3.63) is 30.7 Å². The average Bonchev–Trinajstić information content (AvgIpc) is 2.85. The van der Waals surface area contributed by atoms with Crippen molar-refractivity contribution in [3.8, 4) is 6.01 Å². The molecule has 1 N–H and O–H groups in total. The Morgan fingerprint density at radius 3 is 3.06 bits per heavy atom. The zero-order valence-corrected chi connectivity index (χ0v) is 9.55. The summed E-state index contributed by atoms with van der Waals surface area (Å²) in [6.45, 7) is 6.06. The van der Waals surface area contributed by atoms with Gasteiger partial charge in [-0.15, -0.1) is 0 Å². The largest absolute Gasteiger partial charge is 0.431 e. The van der Waals surface area contributed by atoms with Gasteiger partial charge in [-0.25, -0.2) is 4.98 Å². The molecule has 0 amide bonds. The van der Waals surface area contributed by atoms with E-state index in [0.717, 1.165) is 18.8 Å². The Labute approximate surface area is 94.5 Å². The molecule has 5 nitrogen and oxygen atoms in total. The van der Waals surface area contributed by atoms with E-state index in [4.69, 9.17) is 4.42 Å². The van der Waals surface area contributed by atoms with Gasteiger partial charge in [-0.05, 0) is 12.5 Å². The zero-order valence-electron chi connectivity index (χ0n) is 9.55. The number of hydrogen-bond donors (Lipinski definition) is 1. The van der Waals surface area contributed by atoms with Crippen LogP contribution in [0.15, 0.2) is 29.4 Å². The molecule has 0 bridgehead atoms. The van der Waals surface area contributed by atoms with Crippen LogP contribution in [-0.4, -0.2) is 21.1 Å². The number of oxazole rings is 1. The minimum Gasteiger partial charge on any atom is -0.431 e. The van der Waals surface area contributed by atoms with Crippen molar-refractivity contribution >= 4 is 0 Å². The summed E-state index contributed by atoms with van der Waals surface area (Å²) >= 11 is 0. The lowest BCUT2D eigenvalue weighted by Crippen LogP contribution is -2.19. The highest BCUT2D eigenvalue weighted by Gasteiger charge is 2.05. The Kier molecular flexibility index (Phi) is 3.36. The summed E-state index contributed by atoms with van der Waals surface area (Å²) in [7, 11) is 0. The second-order valence-electron chi connectivity index (χ2n) is 4.12. The zero-order chi connectivity index (χ0) is 11.4. The molecule has 0 aliphatic carbocycles. The van der Waals surface area contributed by atoms with Gasteiger partial charge in [0.05, 0.1) is 5.69 Å². The van der Waals surface area contributed by atoms with Gasteiger partial charge in [0.15, 0.2) is 0 Å². The van der Waals surface area contributed by atoms with E-state index in [1.165, 1.54) is 0 Å². The number of rotatable bonds is 5. The molecule has 0 atom stereocenters. The van der Waals surface area contributed by atoms with Gasteiger partial charge in [0.2, 0.25) is 0 Å². The highest BCUT2D eigenvalue weighted by molar-refractivity contribution is 5.09. The summed E-state index contributed by atoms with van der Waals surface area (Å²) in [5, 5.41) is 3.31. The number of nitrogens with zero attached hydrogens (tertiary/aromatic N) is 3. The van der Waals surface area contributed by atoms with Crippen molar-refractivity contribution in [1.29, 1.82) is 0 Å². The van der Waals surface area contributed by atoms with Crippen LogP contribution in [-0.2, 0) is 6.54 Å². The van der Waals surface area contributed by atoms with Crippen molar-refractivity contribution in [3.63, 3.8) is 0 Å². The maximum Gasteiger partial charge on any atom is 0.307 e. The van der Waals surface area contributed by atoms with Gasteiger partial charge < -0.3 is 9.73 Å². The molecule has 0 radical (unpaired) electrons. The molecule has 0 saturated heterocycles. The van der Waals surface area contributed by atoms with Crippen LogP contribution in [0.3, 0.4) is 0 Å². The predicted molar refractivity (Wildman–Crippen MR) is 60.2 cm³/mol. The summed E-state index contributed by atoms with van der Waals surface area (Å²) < 4.78 is 7.08. The summed E-state index contributed by atoms with van der Waals surface area (Å²) in [4.78, 5) is 8.28. The van der Waals surface area contributed by atoms with E-state index < -0.39 is 0 Å². The molecule has 2 heterocycles. The van der Waals surface area contributed by atoms with Crippen LogP contribution in [0, 0.1) is 5.92 Å². The normalized spacial score (nSPS) is 11.2. The molecule has 0 saturated carbocycles. The quantitative estimate of drug-likeness (QED) is 0.831. The molecule has 0 aromatic carbocycles. The predicted octanol–water partition coefficient (Wildman–Crippen LogP) is 1.61. The summed E-state index contributed by atoms with van der Waals surface area (Å²) in [5.41, 5.74) is 0.907. The second kappa shape index (κ2) is 4.94. The van der Waals surface area contributed by atoms with E-state index in [1.54, 1.807) is 29.6 Å². The Bertz CT molecular complexity index is 419. The molecule has 0 aliphatic heterocycles. The smallest absolute Gasteiger partial charge is 0.307 e. The highest BCUT2D eigenvalue weighted by atomic mass is 16.4. The SMILES string of the molecule is CC(C)CNCc1coc(-n2ccnc2)n1. The third-order valence-electron chi connectivity index (χ3n) is 2.12. The average molecular weight is 220 g/mol. The summed E-state index contributed by atoms with van der Waals surface area (Å²) in [5.74, 6) is 0.639. The van der Waals surface area contributed by atoms with Crippen LogP contribution in [0.4, 0.5) is 0 Å². The second-order valence-corrected chi connectivity index (χ2v) is 4.12. The van der Waals surface area contributed by atoms with E-state index in [9.17, 15) is 0 Å². The van der Waals surface area contributed by atoms with Crippen molar-refractivity contribution in [2.75, 3.05) is 6.54 Å². The fraction of sp³-hybridized carbons (Fsp3) is 0.455. The van der Waals surface area contributed by atoms with E-state index in [2.05, 4.69) is 29.1 Å². The van der Waals surface area contributed by atoms with Crippen LogP contribution < -0.4 is 5.32 Å². The first-order chi connectivity index (χ1) is 7.75. The van der Waals surface area contributed by atoms with Gasteiger partial charge in [0.25, 0.3) is 0 Å². The van der Waals surface area contributed by atoms with E-state index in [1.807, 2.05) is 0 Å². The minimum absolute atomic E-state index is 0.554. The lowest BCUT2D eigenvalue weighted by molar-refractivity contribution is 0.522. The first-order valence-electron chi connectivity index (χ1n) is 5.39. The third kappa shape index (κ3) is 2.70. The molecular formula is C11H16N4O. The number of nitrogens with one attached hydrogen (secondary N) is 1. The summed E-state index contributed by atoms with van der Waals surface area (Å²) in [6.07, 6.45) is 6.83. The maximum atomic E-state index is 5.34. The molecule has 2 rings (SSSR count). The van der Waals surface area contributed by atoms with Crippen molar-refractivity contribution in [2.45, 2.75) is 20.4 Å². The fourth-order valence-electron chi connectivity index (χ4n) is 1.36. The lowest BCUT2D eigenvalue weighted by atomic mass is 10.2. The van der Waals surface area contributed by atoms with Crippen LogP contribution in [0.1, 0.15) is 19.5 Å². The monoisotopic (exact) mass is 220 g/mol. The van der Waals surface area contributed by atoms with E-state index >= 15 is 0 Å². The number of aromatic nitrogens is 3. The molecule has 0 aliphatic rings. The molecule has 0 unspecified atom stereocenters. The molecular weight excluding hydrogens is 204 g/mol. The van der Waals surface area contributed by atoms with Crippen molar-refractivity contribution in [2.24, 2.45) is 5.92 Å². The van der Waals surface area contributed by atoms with Gasteiger partial charge in [-0.1, -0.05) is 13.8 Å². The van der Waals surface area contributed by atoms with Crippen molar-refractivity contribution < 1.29 is 4.42 Å². The standard InChI is InChI=1S/C11H16N4O/c1-9(2)5-13-6-10-7-16-11(14-10)15-4-3-12-8-15/h3-4,7-9,13H,5-6H2,1-2H3.